The number of hydrogen-bond acceptors (Lipinski definition) is 7. The normalized spacial score (nSPS) is 21.2. The van der Waals surface area contributed by atoms with E-state index in [1.807, 2.05) is 0 Å². The molecule has 0 aliphatic carbocycles. The van der Waals surface area contributed by atoms with Gasteiger partial charge in [0.25, 0.3) is 5.91 Å². The zero-order chi connectivity index (χ0) is 20.3. The number of benzene rings is 1. The number of hydrogen-bond donors (Lipinski definition) is 1. The molecule has 1 atom stereocenters. The van der Waals surface area contributed by atoms with Crippen LogP contribution in [-0.2, 0) is 24.2 Å². The number of carbonyl (C=O) groups excluding carboxylic acids is 3. The maximum atomic E-state index is 12.5. The van der Waals surface area contributed by atoms with Gasteiger partial charge in [-0.1, -0.05) is 0 Å². The van der Waals surface area contributed by atoms with Crippen molar-refractivity contribution in [1.82, 2.24) is 5.01 Å². The molecule has 1 fully saturated rings. The van der Waals surface area contributed by atoms with Crippen molar-refractivity contribution in [2.24, 2.45) is 5.10 Å². The molecule has 0 aromatic heterocycles. The van der Waals surface area contributed by atoms with Crippen LogP contribution in [0.3, 0.4) is 0 Å². The van der Waals surface area contributed by atoms with E-state index < -0.39 is 27.8 Å². The lowest BCUT2D eigenvalue weighted by Gasteiger charge is -2.27. The Bertz CT molecular complexity index is 923. The minimum Gasteiger partial charge on any atom is -0.462 e. The molecule has 2 heterocycles. The number of carbonyl (C=O) groups is 3. The number of nitrogens with zero attached hydrogens (tertiary/aromatic N) is 2. The van der Waals surface area contributed by atoms with Crippen LogP contribution in [0.5, 0.6) is 0 Å². The number of amides is 2. The van der Waals surface area contributed by atoms with Crippen LogP contribution in [0, 0.1) is 0 Å². The van der Waals surface area contributed by atoms with Crippen molar-refractivity contribution in [2.75, 3.05) is 23.4 Å². The topological polar surface area (TPSA) is 122 Å². The van der Waals surface area contributed by atoms with E-state index in [1.165, 1.54) is 12.1 Å². The number of hydrazone groups is 1. The summed E-state index contributed by atoms with van der Waals surface area (Å²) in [7, 11) is -3.17. The molecular weight excluding hydrogens is 386 g/mol. The Morgan fingerprint density at radius 3 is 2.57 bits per heavy atom. The second-order valence-corrected chi connectivity index (χ2v) is 8.82. The van der Waals surface area contributed by atoms with Gasteiger partial charge in [0.2, 0.25) is 5.91 Å². The van der Waals surface area contributed by atoms with E-state index in [2.05, 4.69) is 10.4 Å². The Balaban J connectivity index is 1.69. The van der Waals surface area contributed by atoms with E-state index in [4.69, 9.17) is 4.74 Å². The first kappa shape index (κ1) is 20.0. The summed E-state index contributed by atoms with van der Waals surface area (Å²) in [6, 6.07) is 5.69. The Labute approximate surface area is 162 Å². The highest BCUT2D eigenvalue weighted by Crippen LogP contribution is 2.22. The fourth-order valence-corrected chi connectivity index (χ4v) is 4.79. The Hall–Kier alpha value is -2.75. The summed E-state index contributed by atoms with van der Waals surface area (Å²) < 4.78 is 28.2. The van der Waals surface area contributed by atoms with Crippen molar-refractivity contribution in [2.45, 2.75) is 32.2 Å². The number of esters is 1. The average molecular weight is 407 g/mol. The Morgan fingerprint density at radius 2 is 1.96 bits per heavy atom. The van der Waals surface area contributed by atoms with Crippen LogP contribution in [0.1, 0.15) is 36.5 Å². The number of nitrogens with one attached hydrogen (secondary N) is 1. The third kappa shape index (κ3) is 4.56. The Kier molecular flexibility index (Phi) is 5.78. The van der Waals surface area contributed by atoms with E-state index >= 15 is 0 Å². The van der Waals surface area contributed by atoms with Crippen LogP contribution < -0.4 is 5.32 Å². The van der Waals surface area contributed by atoms with E-state index in [-0.39, 0.29) is 42.6 Å². The highest BCUT2D eigenvalue weighted by Gasteiger charge is 2.37. The van der Waals surface area contributed by atoms with Gasteiger partial charge < -0.3 is 10.1 Å². The lowest BCUT2D eigenvalue weighted by Crippen LogP contribution is -2.42. The van der Waals surface area contributed by atoms with E-state index in [1.54, 1.807) is 19.1 Å². The molecule has 10 heteroatoms. The van der Waals surface area contributed by atoms with Gasteiger partial charge in [-0.25, -0.2) is 18.2 Å². The van der Waals surface area contributed by atoms with Crippen LogP contribution in [0.2, 0.25) is 0 Å². The predicted octanol–water partition coefficient (Wildman–Crippen LogP) is 0.967. The zero-order valence-corrected chi connectivity index (χ0v) is 16.2. The van der Waals surface area contributed by atoms with Gasteiger partial charge in [-0.3, -0.25) is 9.59 Å². The van der Waals surface area contributed by atoms with Gasteiger partial charge >= 0.3 is 5.97 Å². The van der Waals surface area contributed by atoms with Gasteiger partial charge in [0.15, 0.2) is 9.84 Å². The molecule has 0 bridgehead atoms. The van der Waals surface area contributed by atoms with Crippen LogP contribution in [0.15, 0.2) is 29.4 Å². The minimum absolute atomic E-state index is 0.0192. The van der Waals surface area contributed by atoms with Gasteiger partial charge in [-0.15, -0.1) is 0 Å². The van der Waals surface area contributed by atoms with Crippen LogP contribution in [-0.4, -0.2) is 61.1 Å². The van der Waals surface area contributed by atoms with Gasteiger partial charge in [-0.2, -0.15) is 5.10 Å². The molecule has 1 N–H and O–H groups in total. The zero-order valence-electron chi connectivity index (χ0n) is 15.4. The van der Waals surface area contributed by atoms with Crippen LogP contribution in [0.25, 0.3) is 0 Å². The third-order valence-corrected chi connectivity index (χ3v) is 6.28. The number of ether oxygens (including phenoxy) is 1. The largest absolute Gasteiger partial charge is 0.462 e. The second kappa shape index (κ2) is 8.09. The average Bonchev–Trinajstić information content (AvgIpc) is 3.02. The molecule has 2 aliphatic heterocycles. The number of sulfone groups is 1. The molecule has 150 valence electrons. The molecule has 1 aromatic rings. The van der Waals surface area contributed by atoms with E-state index in [9.17, 15) is 22.8 Å². The van der Waals surface area contributed by atoms with Crippen LogP contribution >= 0.6 is 0 Å². The van der Waals surface area contributed by atoms with Gasteiger partial charge in [0.05, 0.1) is 29.7 Å². The summed E-state index contributed by atoms with van der Waals surface area (Å²) in [5.74, 6) is -1.31. The highest BCUT2D eigenvalue weighted by atomic mass is 32.2. The van der Waals surface area contributed by atoms with Crippen molar-refractivity contribution < 1.29 is 27.5 Å². The molecule has 28 heavy (non-hydrogen) atoms. The second-order valence-electron chi connectivity index (χ2n) is 6.59. The van der Waals surface area contributed by atoms with E-state index in [0.29, 0.717) is 17.7 Å². The molecule has 2 amide bonds. The van der Waals surface area contributed by atoms with Crippen molar-refractivity contribution in [3.63, 3.8) is 0 Å². The first-order chi connectivity index (χ1) is 13.3. The van der Waals surface area contributed by atoms with Crippen molar-refractivity contribution in [3.8, 4) is 0 Å². The molecule has 2 aliphatic rings. The molecule has 1 saturated heterocycles. The minimum atomic E-state index is -3.17. The number of anilines is 1. The van der Waals surface area contributed by atoms with Crippen molar-refractivity contribution in [1.29, 1.82) is 0 Å². The smallest absolute Gasteiger partial charge is 0.338 e. The van der Waals surface area contributed by atoms with Gasteiger partial charge in [0.1, 0.15) is 5.71 Å². The first-order valence-electron chi connectivity index (χ1n) is 8.97. The molecule has 0 spiro atoms. The Morgan fingerprint density at radius 1 is 1.25 bits per heavy atom. The van der Waals surface area contributed by atoms with Crippen molar-refractivity contribution >= 4 is 39.0 Å². The monoisotopic (exact) mass is 407 g/mol. The lowest BCUT2D eigenvalue weighted by molar-refractivity contribution is -0.133. The predicted molar refractivity (Wildman–Crippen MR) is 102 cm³/mol. The summed E-state index contributed by atoms with van der Waals surface area (Å²) in [5.41, 5.74) is 1.00. The fourth-order valence-electron chi connectivity index (χ4n) is 3.10. The van der Waals surface area contributed by atoms with E-state index in [0.717, 1.165) is 5.01 Å². The molecule has 3 rings (SSSR count). The maximum absolute atomic E-state index is 12.5. The summed E-state index contributed by atoms with van der Waals surface area (Å²) in [5, 5.41) is 7.95. The molecule has 1 aromatic carbocycles. The molecule has 9 nitrogen and oxygen atoms in total. The number of rotatable bonds is 5. The standard InChI is InChI=1S/C18H21N3O6S/c1-2-27-18(24)12-3-5-13(6-4-12)19-17(23)15-7-8-16(22)21(20-15)14-9-10-28(25,26)11-14/h3-6,14H,2,7-11H2,1H3,(H,19,23)/t14-/m0/s1. The highest BCUT2D eigenvalue weighted by molar-refractivity contribution is 7.91. The van der Waals surface area contributed by atoms with Gasteiger partial charge in [0, 0.05) is 18.5 Å². The molecular formula is C18H21N3O6S. The SMILES string of the molecule is CCOC(=O)c1ccc(NC(=O)C2=NN([C@H]3CCS(=O)(=O)C3)C(=O)CC2)cc1. The molecule has 0 radical (unpaired) electrons. The molecule has 0 saturated carbocycles. The quantitative estimate of drug-likeness (QED) is 0.726. The summed E-state index contributed by atoms with van der Waals surface area (Å²) in [6.07, 6.45) is 0.605. The van der Waals surface area contributed by atoms with Gasteiger partial charge in [-0.05, 0) is 37.6 Å². The lowest BCUT2D eigenvalue weighted by atomic mass is 10.1. The molecule has 0 unspecified atom stereocenters. The fraction of sp³-hybridized carbons (Fsp3) is 0.444. The first-order valence-corrected chi connectivity index (χ1v) is 10.8. The van der Waals surface area contributed by atoms with Crippen LogP contribution in [0.4, 0.5) is 5.69 Å². The third-order valence-electron chi connectivity index (χ3n) is 4.53. The summed E-state index contributed by atoms with van der Waals surface area (Å²) in [4.78, 5) is 36.3. The summed E-state index contributed by atoms with van der Waals surface area (Å²) in [6.45, 7) is 1.99. The maximum Gasteiger partial charge on any atom is 0.338 e. The summed E-state index contributed by atoms with van der Waals surface area (Å²) >= 11 is 0. The van der Waals surface area contributed by atoms with Crippen molar-refractivity contribution in [3.05, 3.63) is 29.8 Å².